The fourth-order valence-electron chi connectivity index (χ4n) is 2.83. The van der Waals surface area contributed by atoms with Gasteiger partial charge in [-0.25, -0.2) is 4.31 Å². The molecule has 0 aliphatic carbocycles. The van der Waals surface area contributed by atoms with Gasteiger partial charge in [-0.05, 0) is 46.8 Å². The molecule has 0 aromatic heterocycles. The molecule has 98 valence electrons. The molecule has 0 aromatic rings. The topological polar surface area (TPSA) is 12.5 Å². The molecule has 0 atom stereocenters. The molecule has 0 aromatic carbocycles. The van der Waals surface area contributed by atoms with E-state index in [1.807, 2.05) is 32.9 Å². The fourth-order valence-corrected chi connectivity index (χ4v) is 3.97. The maximum absolute atomic E-state index is 5.52. The van der Waals surface area contributed by atoms with Crippen molar-refractivity contribution in [2.24, 2.45) is 0 Å². The minimum absolute atomic E-state index is 0.224. The van der Waals surface area contributed by atoms with Crippen LogP contribution in [0.5, 0.6) is 0 Å². The zero-order chi connectivity index (χ0) is 13.0. The van der Waals surface area contributed by atoms with Gasteiger partial charge in [0.1, 0.15) is 0 Å². The van der Waals surface area contributed by atoms with Crippen LogP contribution >= 0.6 is 11.9 Å². The van der Waals surface area contributed by atoms with Crippen molar-refractivity contribution in [1.29, 1.82) is 0 Å². The van der Waals surface area contributed by atoms with E-state index in [0.29, 0.717) is 6.10 Å². The first-order valence-corrected chi connectivity index (χ1v) is 7.39. The van der Waals surface area contributed by atoms with Crippen LogP contribution in [0.4, 0.5) is 0 Å². The smallest absolute Gasteiger partial charge is 0.0606 e. The van der Waals surface area contributed by atoms with Crippen molar-refractivity contribution in [2.45, 2.75) is 71.6 Å². The van der Waals surface area contributed by atoms with E-state index in [2.05, 4.69) is 38.3 Å². The van der Waals surface area contributed by atoms with Crippen LogP contribution in [0.15, 0.2) is 0 Å². The lowest BCUT2D eigenvalue weighted by molar-refractivity contribution is -0.0408. The fraction of sp³-hybridized carbons (Fsp3) is 1.00. The molecule has 0 N–H and O–H groups in total. The lowest BCUT2D eigenvalue weighted by Gasteiger charge is -2.53. The Balaban J connectivity index is 0.00000106. The van der Waals surface area contributed by atoms with Gasteiger partial charge in [-0.15, -0.1) is 0 Å². The van der Waals surface area contributed by atoms with Crippen LogP contribution in [0.25, 0.3) is 0 Å². The van der Waals surface area contributed by atoms with Crippen molar-refractivity contribution in [2.75, 3.05) is 13.4 Å². The Morgan fingerprint density at radius 3 is 1.69 bits per heavy atom. The summed E-state index contributed by atoms with van der Waals surface area (Å²) in [6.07, 6.45) is 4.81. The molecule has 3 heteroatoms. The summed E-state index contributed by atoms with van der Waals surface area (Å²) >= 11 is 1.85. The van der Waals surface area contributed by atoms with Gasteiger partial charge in [0.05, 0.1) is 6.10 Å². The highest BCUT2D eigenvalue weighted by atomic mass is 32.2. The number of rotatable bonds is 2. The van der Waals surface area contributed by atoms with Gasteiger partial charge in [-0.3, -0.25) is 0 Å². The van der Waals surface area contributed by atoms with Gasteiger partial charge in [0.2, 0.25) is 0 Å². The van der Waals surface area contributed by atoms with Crippen LogP contribution in [-0.2, 0) is 4.74 Å². The van der Waals surface area contributed by atoms with Crippen molar-refractivity contribution in [3.05, 3.63) is 0 Å². The zero-order valence-electron chi connectivity index (χ0n) is 12.3. The van der Waals surface area contributed by atoms with Gasteiger partial charge in [-0.1, -0.05) is 25.8 Å². The second-order valence-corrected chi connectivity index (χ2v) is 6.10. The Morgan fingerprint density at radius 1 is 1.06 bits per heavy atom. The Hall–Kier alpha value is 0.270. The van der Waals surface area contributed by atoms with E-state index >= 15 is 0 Å². The Kier molecular flexibility index (Phi) is 6.38. The first kappa shape index (κ1) is 16.3. The number of piperidine rings is 1. The van der Waals surface area contributed by atoms with E-state index in [1.54, 1.807) is 0 Å². The molecule has 1 aliphatic rings. The third kappa shape index (κ3) is 3.64. The maximum atomic E-state index is 5.52. The largest absolute Gasteiger partial charge is 0.381 e. The molecule has 0 spiro atoms. The molecule has 1 aliphatic heterocycles. The van der Waals surface area contributed by atoms with Crippen LogP contribution in [0, 0.1) is 0 Å². The van der Waals surface area contributed by atoms with Crippen LogP contribution < -0.4 is 0 Å². The van der Waals surface area contributed by atoms with Crippen molar-refractivity contribution < 1.29 is 4.74 Å². The SMILES string of the molecule is CC.COC1CC(C)(C)N(SC)C(C)(C)C1. The molecule has 0 radical (unpaired) electrons. The molecule has 1 heterocycles. The molecule has 0 amide bonds. The van der Waals surface area contributed by atoms with E-state index in [4.69, 9.17) is 4.74 Å². The van der Waals surface area contributed by atoms with Gasteiger partial charge >= 0.3 is 0 Å². The summed E-state index contributed by atoms with van der Waals surface area (Å²) < 4.78 is 8.03. The molecule has 1 rings (SSSR count). The Morgan fingerprint density at radius 2 is 1.44 bits per heavy atom. The van der Waals surface area contributed by atoms with Gasteiger partial charge in [0, 0.05) is 18.2 Å². The second-order valence-electron chi connectivity index (χ2n) is 5.37. The Labute approximate surface area is 106 Å². The summed E-state index contributed by atoms with van der Waals surface area (Å²) in [7, 11) is 1.82. The van der Waals surface area contributed by atoms with Gasteiger partial charge in [-0.2, -0.15) is 0 Å². The van der Waals surface area contributed by atoms with Crippen LogP contribution in [0.1, 0.15) is 54.4 Å². The number of methoxy groups -OCH3 is 1. The minimum atomic E-state index is 0.224. The summed E-state index contributed by atoms with van der Waals surface area (Å²) in [6.45, 7) is 13.2. The third-order valence-corrected chi connectivity index (χ3v) is 4.42. The van der Waals surface area contributed by atoms with Gasteiger partial charge < -0.3 is 4.74 Å². The van der Waals surface area contributed by atoms with Crippen molar-refractivity contribution in [3.63, 3.8) is 0 Å². The number of nitrogens with zero attached hydrogens (tertiary/aromatic N) is 1. The molecule has 1 fully saturated rings. The average molecular weight is 247 g/mol. The molecule has 0 bridgehead atoms. The molecular weight excluding hydrogens is 218 g/mol. The quantitative estimate of drug-likeness (QED) is 0.685. The second kappa shape index (κ2) is 6.27. The zero-order valence-corrected chi connectivity index (χ0v) is 13.1. The van der Waals surface area contributed by atoms with E-state index < -0.39 is 0 Å². The van der Waals surface area contributed by atoms with Crippen molar-refractivity contribution in [3.8, 4) is 0 Å². The molecule has 0 unspecified atom stereocenters. The monoisotopic (exact) mass is 247 g/mol. The maximum Gasteiger partial charge on any atom is 0.0606 e. The van der Waals surface area contributed by atoms with E-state index in [-0.39, 0.29) is 11.1 Å². The predicted molar refractivity (Wildman–Crippen MR) is 74.9 cm³/mol. The van der Waals surface area contributed by atoms with Crippen molar-refractivity contribution in [1.82, 2.24) is 4.31 Å². The number of hydrogen-bond acceptors (Lipinski definition) is 3. The number of ether oxygens (including phenoxy) is 1. The average Bonchev–Trinajstić information content (AvgIpc) is 2.17. The summed E-state index contributed by atoms with van der Waals surface area (Å²) in [5, 5.41) is 0. The highest BCUT2D eigenvalue weighted by Crippen LogP contribution is 2.42. The van der Waals surface area contributed by atoms with Crippen LogP contribution in [0.3, 0.4) is 0 Å². The van der Waals surface area contributed by atoms with Gasteiger partial charge in [0.15, 0.2) is 0 Å². The highest BCUT2D eigenvalue weighted by molar-refractivity contribution is 7.96. The summed E-state index contributed by atoms with van der Waals surface area (Å²) in [4.78, 5) is 0. The predicted octanol–water partition coefficient (Wildman–Crippen LogP) is 3.96. The summed E-state index contributed by atoms with van der Waals surface area (Å²) in [5.41, 5.74) is 0.448. The standard InChI is InChI=1S/C11H23NOS.C2H6/c1-10(2)7-9(13-5)8-11(3,4)12(10)14-6;1-2/h9H,7-8H2,1-6H3;1-2H3. The molecular formula is C13H29NOS. The summed E-state index contributed by atoms with van der Waals surface area (Å²) in [5.74, 6) is 0. The molecule has 16 heavy (non-hydrogen) atoms. The Bertz CT molecular complexity index is 186. The highest BCUT2D eigenvalue weighted by Gasteiger charge is 2.45. The van der Waals surface area contributed by atoms with E-state index in [0.717, 1.165) is 12.8 Å². The number of hydrogen-bond donors (Lipinski definition) is 0. The van der Waals surface area contributed by atoms with Crippen molar-refractivity contribution >= 4 is 11.9 Å². The molecule has 0 saturated carbocycles. The third-order valence-electron chi connectivity index (χ3n) is 3.07. The lowest BCUT2D eigenvalue weighted by atomic mass is 9.81. The normalized spacial score (nSPS) is 24.8. The molecule has 1 saturated heterocycles. The summed E-state index contributed by atoms with van der Waals surface area (Å²) in [6, 6.07) is 0. The van der Waals surface area contributed by atoms with E-state index in [1.165, 1.54) is 0 Å². The van der Waals surface area contributed by atoms with Gasteiger partial charge in [0.25, 0.3) is 0 Å². The van der Waals surface area contributed by atoms with Crippen LogP contribution in [-0.4, -0.2) is 34.9 Å². The van der Waals surface area contributed by atoms with Crippen LogP contribution in [0.2, 0.25) is 0 Å². The lowest BCUT2D eigenvalue weighted by Crippen LogP contribution is -2.58. The minimum Gasteiger partial charge on any atom is -0.381 e. The molecule has 2 nitrogen and oxygen atoms in total. The first-order valence-electron chi connectivity index (χ1n) is 6.21. The first-order chi connectivity index (χ1) is 7.33. The van der Waals surface area contributed by atoms with E-state index in [9.17, 15) is 0 Å².